The van der Waals surface area contributed by atoms with E-state index in [-0.39, 0.29) is 37.0 Å². The number of amides is 2. The Morgan fingerprint density at radius 2 is 1.33 bits per heavy atom. The summed E-state index contributed by atoms with van der Waals surface area (Å²) in [5, 5.41) is 13.0. The van der Waals surface area contributed by atoms with Gasteiger partial charge in [-0.1, -0.05) is 65.8 Å². The van der Waals surface area contributed by atoms with Gasteiger partial charge < -0.3 is 14.9 Å². The van der Waals surface area contributed by atoms with E-state index in [0.29, 0.717) is 0 Å². The largest absolute Gasteiger partial charge is 0.383 e. The molecule has 1 N–H and O–H groups in total. The van der Waals surface area contributed by atoms with Crippen molar-refractivity contribution in [2.45, 2.75) is 38.1 Å². The van der Waals surface area contributed by atoms with Gasteiger partial charge in [0.25, 0.3) is 5.91 Å². The van der Waals surface area contributed by atoms with Crippen molar-refractivity contribution in [3.8, 4) is 0 Å². The highest BCUT2D eigenvalue weighted by molar-refractivity contribution is 5.85. The second kappa shape index (κ2) is 12.5. The summed E-state index contributed by atoms with van der Waals surface area (Å²) in [7, 11) is 0. The first-order valence-electron chi connectivity index (χ1n) is 11.9. The number of azide groups is 1. The van der Waals surface area contributed by atoms with Gasteiger partial charge in [-0.15, -0.1) is 0 Å². The molecule has 192 valence electrons. The van der Waals surface area contributed by atoms with E-state index in [1.54, 1.807) is 9.80 Å². The first kappa shape index (κ1) is 27.1. The quantitative estimate of drug-likeness (QED) is 0.347. The lowest BCUT2D eigenvalue weighted by Crippen LogP contribution is -2.31. The molecule has 2 fully saturated rings. The van der Waals surface area contributed by atoms with E-state index in [1.807, 2.05) is 74.5 Å². The molecule has 36 heavy (non-hydrogen) atoms. The highest BCUT2D eigenvalue weighted by atomic mass is 19.1. The minimum Gasteiger partial charge on any atom is -0.383 e. The van der Waals surface area contributed by atoms with Gasteiger partial charge in [0.1, 0.15) is 12.1 Å². The molecular formula is C26H31F2N5O3. The van der Waals surface area contributed by atoms with Gasteiger partial charge in [-0.2, -0.15) is 0 Å². The smallest absolute Gasteiger partial charge is 0.252 e. The zero-order valence-corrected chi connectivity index (χ0v) is 20.3. The molecule has 6 atom stereocenters. The van der Waals surface area contributed by atoms with Gasteiger partial charge in [-0.3, -0.25) is 18.4 Å². The Morgan fingerprint density at radius 3 is 1.75 bits per heavy atom. The molecule has 2 aromatic rings. The van der Waals surface area contributed by atoms with Gasteiger partial charge in [-0.25, -0.2) is 0 Å². The Bertz CT molecular complexity index is 1070. The topological polar surface area (TPSA) is 110 Å². The summed E-state index contributed by atoms with van der Waals surface area (Å²) < 4.78 is 25.5. The van der Waals surface area contributed by atoms with Crippen LogP contribution in [-0.4, -0.2) is 65.3 Å². The number of carbonyl (C=O) groups excluding carboxylic acids is 2. The molecule has 0 unspecified atom stereocenters. The summed E-state index contributed by atoms with van der Waals surface area (Å²) >= 11 is 0. The minimum atomic E-state index is -1.19. The van der Waals surface area contributed by atoms with Crippen molar-refractivity contribution in [2.75, 3.05) is 26.4 Å². The summed E-state index contributed by atoms with van der Waals surface area (Å²) in [5.41, 5.74) is 10.4. The standard InChI is InChI=1S/C13H15FN4O.C13H16FNO2/c1-9(10-5-3-2-4-6-10)18-8-11(7-14)12(13(18)19)16-17-15;1-9(10-5-3-2-4-6-10)15-8-11(7-14)12(16)13(15)17/h2-6,9,11-12H,7-8H2,1H3;2-6,9,11-12,16H,7-8H2,1H3/t9-,11+,12+;9-,11+,12-/m11/s1. The number of likely N-dealkylation sites (tertiary alicyclic amines) is 2. The molecule has 0 aliphatic carbocycles. The van der Waals surface area contributed by atoms with Crippen LogP contribution >= 0.6 is 0 Å². The van der Waals surface area contributed by atoms with E-state index in [2.05, 4.69) is 10.0 Å². The number of nitrogens with zero attached hydrogens (tertiary/aromatic N) is 5. The first-order valence-corrected chi connectivity index (χ1v) is 11.9. The predicted molar refractivity (Wildman–Crippen MR) is 131 cm³/mol. The average molecular weight is 500 g/mol. The van der Waals surface area contributed by atoms with Crippen molar-refractivity contribution in [1.82, 2.24) is 9.80 Å². The van der Waals surface area contributed by atoms with Crippen molar-refractivity contribution in [3.05, 3.63) is 82.2 Å². The molecule has 0 aromatic heterocycles. The van der Waals surface area contributed by atoms with Crippen LogP contribution in [-0.2, 0) is 9.59 Å². The lowest BCUT2D eigenvalue weighted by molar-refractivity contribution is -0.136. The number of halogens is 2. The van der Waals surface area contributed by atoms with Crippen molar-refractivity contribution in [2.24, 2.45) is 17.0 Å². The number of aliphatic hydroxyl groups excluding tert-OH is 1. The lowest BCUT2D eigenvalue weighted by atomic mass is 10.1. The fourth-order valence-corrected chi connectivity index (χ4v) is 4.61. The third-order valence-corrected chi connectivity index (χ3v) is 6.90. The van der Waals surface area contributed by atoms with Crippen molar-refractivity contribution in [3.63, 3.8) is 0 Å². The SMILES string of the molecule is C[C@H](c1ccccc1)N1C[C@H](CF)[C@@H](O)C1=O.C[C@H](c1ccccc1)N1C[C@H](CF)[C@H](N=[N+]=[N-])C1=O. The van der Waals surface area contributed by atoms with Crippen LogP contribution in [0.15, 0.2) is 65.8 Å². The molecule has 0 saturated carbocycles. The highest BCUT2D eigenvalue weighted by Crippen LogP contribution is 2.31. The average Bonchev–Trinajstić information content (AvgIpc) is 3.39. The second-order valence-electron chi connectivity index (χ2n) is 9.08. The van der Waals surface area contributed by atoms with Crippen LogP contribution in [0, 0.1) is 11.8 Å². The van der Waals surface area contributed by atoms with Gasteiger partial charge in [0.2, 0.25) is 5.91 Å². The zero-order valence-electron chi connectivity index (χ0n) is 20.3. The molecule has 4 rings (SSSR count). The molecule has 2 aliphatic rings. The summed E-state index contributed by atoms with van der Waals surface area (Å²) in [4.78, 5) is 29.7. The van der Waals surface area contributed by atoms with Gasteiger partial charge in [0.15, 0.2) is 0 Å². The highest BCUT2D eigenvalue weighted by Gasteiger charge is 2.42. The monoisotopic (exact) mass is 499 g/mol. The molecule has 10 heteroatoms. The summed E-state index contributed by atoms with van der Waals surface area (Å²) in [6.07, 6.45) is -1.19. The summed E-state index contributed by atoms with van der Waals surface area (Å²) in [6.45, 7) is 3.03. The first-order chi connectivity index (χ1) is 17.3. The van der Waals surface area contributed by atoms with Crippen molar-refractivity contribution < 1.29 is 23.5 Å². The van der Waals surface area contributed by atoms with Crippen LogP contribution in [0.1, 0.15) is 37.1 Å². The molecule has 0 bridgehead atoms. The van der Waals surface area contributed by atoms with Crippen LogP contribution < -0.4 is 0 Å². The van der Waals surface area contributed by atoms with Crippen molar-refractivity contribution >= 4 is 11.8 Å². The van der Waals surface area contributed by atoms with Gasteiger partial charge >= 0.3 is 0 Å². The maximum atomic E-state index is 12.9. The number of carbonyl (C=O) groups is 2. The number of alkyl halides is 2. The van der Waals surface area contributed by atoms with Crippen LogP contribution in [0.3, 0.4) is 0 Å². The Hall–Kier alpha value is -3.49. The number of hydrogen-bond acceptors (Lipinski definition) is 4. The molecule has 2 aromatic carbocycles. The maximum absolute atomic E-state index is 12.9. The predicted octanol–water partition coefficient (Wildman–Crippen LogP) is 4.39. The molecule has 0 spiro atoms. The zero-order chi connectivity index (χ0) is 26.2. The van der Waals surface area contributed by atoms with E-state index in [1.165, 1.54) is 0 Å². The van der Waals surface area contributed by atoms with Gasteiger partial charge in [-0.05, 0) is 30.5 Å². The number of aliphatic hydroxyl groups is 1. The Balaban J connectivity index is 0.000000202. The second-order valence-corrected chi connectivity index (χ2v) is 9.08. The normalized spacial score (nSPS) is 25.1. The Kier molecular flexibility index (Phi) is 9.38. The molecular weight excluding hydrogens is 468 g/mol. The van der Waals surface area contributed by atoms with E-state index in [4.69, 9.17) is 5.53 Å². The summed E-state index contributed by atoms with van der Waals surface area (Å²) in [5.74, 6) is -1.80. The third kappa shape index (κ3) is 5.83. The van der Waals surface area contributed by atoms with Crippen LogP contribution in [0.4, 0.5) is 8.78 Å². The molecule has 2 saturated heterocycles. The van der Waals surface area contributed by atoms with E-state index in [9.17, 15) is 23.5 Å². The maximum Gasteiger partial charge on any atom is 0.252 e. The van der Waals surface area contributed by atoms with Gasteiger partial charge in [0, 0.05) is 29.8 Å². The van der Waals surface area contributed by atoms with Crippen LogP contribution in [0.5, 0.6) is 0 Å². The van der Waals surface area contributed by atoms with Crippen LogP contribution in [0.2, 0.25) is 0 Å². The lowest BCUT2D eigenvalue weighted by Gasteiger charge is -2.25. The fourth-order valence-electron chi connectivity index (χ4n) is 4.61. The third-order valence-electron chi connectivity index (χ3n) is 6.90. The van der Waals surface area contributed by atoms with Crippen LogP contribution in [0.25, 0.3) is 10.4 Å². The molecule has 8 nitrogen and oxygen atoms in total. The number of benzene rings is 2. The van der Waals surface area contributed by atoms with E-state index in [0.717, 1.165) is 11.1 Å². The number of rotatable bonds is 7. The fraction of sp³-hybridized carbons (Fsp3) is 0.462. The summed E-state index contributed by atoms with van der Waals surface area (Å²) in [6, 6.07) is 17.9. The Labute approximate surface area is 209 Å². The van der Waals surface area contributed by atoms with Crippen molar-refractivity contribution in [1.29, 1.82) is 0 Å². The molecule has 2 aliphatic heterocycles. The Morgan fingerprint density at radius 1 is 0.889 bits per heavy atom. The van der Waals surface area contributed by atoms with E-state index >= 15 is 0 Å². The molecule has 0 radical (unpaired) electrons. The minimum absolute atomic E-state index is 0.130. The molecule has 2 heterocycles. The van der Waals surface area contributed by atoms with E-state index < -0.39 is 37.3 Å². The van der Waals surface area contributed by atoms with Gasteiger partial charge in [0.05, 0.1) is 25.4 Å². The number of hydrogen-bond donors (Lipinski definition) is 1. The molecule has 2 amide bonds.